The molecule has 0 aromatic heterocycles. The Morgan fingerprint density at radius 2 is 2.08 bits per heavy atom. The van der Waals surface area contributed by atoms with Gasteiger partial charge in [0.1, 0.15) is 5.69 Å². The van der Waals surface area contributed by atoms with Crippen LogP contribution in [0.4, 0.5) is 11.4 Å². The summed E-state index contributed by atoms with van der Waals surface area (Å²) in [5.41, 5.74) is -1.22. The lowest BCUT2D eigenvalue weighted by Gasteiger charge is -2.34. The predicted octanol–water partition coefficient (Wildman–Crippen LogP) is 0.624. The topological polar surface area (TPSA) is 151 Å². The molecule has 1 fully saturated rings. The predicted molar refractivity (Wildman–Crippen MR) is 87.5 cm³/mol. The number of nitrogens with two attached hydrogens (primary N) is 1. The van der Waals surface area contributed by atoms with Gasteiger partial charge in [-0.05, 0) is 25.0 Å². The summed E-state index contributed by atoms with van der Waals surface area (Å²) in [5.74, 6) is -0.424. The fourth-order valence-corrected chi connectivity index (χ4v) is 3.22. The monoisotopic (exact) mass is 373 g/mol. The van der Waals surface area contributed by atoms with Crippen molar-refractivity contribution in [3.8, 4) is 0 Å². The molecule has 3 N–H and O–H groups in total. The average molecular weight is 373 g/mol. The number of primary sulfonamides is 1. The lowest BCUT2D eigenvalue weighted by molar-refractivity contribution is -0.384. The van der Waals surface area contributed by atoms with E-state index in [0.29, 0.717) is 26.1 Å². The molecule has 0 atom stereocenters. The number of hydrogen-bond acceptors (Lipinski definition) is 8. The molecule has 0 radical (unpaired) electrons. The van der Waals surface area contributed by atoms with Crippen LogP contribution in [0.5, 0.6) is 0 Å². The number of nitro benzene ring substituents is 1. The summed E-state index contributed by atoms with van der Waals surface area (Å²) in [7, 11) is -2.78. The van der Waals surface area contributed by atoms with Crippen LogP contribution in [0.25, 0.3) is 0 Å². The Morgan fingerprint density at radius 3 is 2.60 bits per heavy atom. The summed E-state index contributed by atoms with van der Waals surface area (Å²) in [5, 5.41) is 19.1. The number of carbonyl (C=O) groups is 1. The lowest BCUT2D eigenvalue weighted by Crippen LogP contribution is -2.43. The minimum atomic E-state index is -4.06. The third-order valence-corrected chi connectivity index (χ3v) is 5.09. The normalized spacial score (nSPS) is 16.9. The van der Waals surface area contributed by atoms with Crippen molar-refractivity contribution in [3.63, 3.8) is 0 Å². The molecule has 0 bridgehead atoms. The van der Waals surface area contributed by atoms with Crippen molar-refractivity contribution in [2.75, 3.05) is 32.2 Å². The van der Waals surface area contributed by atoms with Crippen molar-refractivity contribution in [1.82, 2.24) is 0 Å². The van der Waals surface area contributed by atoms with Crippen molar-refractivity contribution in [1.29, 1.82) is 0 Å². The van der Waals surface area contributed by atoms with Crippen molar-refractivity contribution in [2.24, 2.45) is 10.6 Å². The van der Waals surface area contributed by atoms with E-state index < -0.39 is 32.0 Å². The van der Waals surface area contributed by atoms with Crippen LogP contribution in [-0.4, -0.2) is 46.2 Å². The maximum atomic E-state index is 12.2. The van der Waals surface area contributed by atoms with E-state index in [0.717, 1.165) is 6.07 Å². The van der Waals surface area contributed by atoms with Crippen LogP contribution >= 0.6 is 0 Å². The van der Waals surface area contributed by atoms with Gasteiger partial charge in [-0.25, -0.2) is 13.6 Å². The molecule has 1 aromatic carbocycles. The lowest BCUT2D eigenvalue weighted by atomic mass is 9.80. The number of nitrogens with one attached hydrogen (secondary N) is 1. The van der Waals surface area contributed by atoms with Gasteiger partial charge < -0.3 is 14.8 Å². The zero-order valence-corrected chi connectivity index (χ0v) is 14.4. The van der Waals surface area contributed by atoms with E-state index in [1.165, 1.54) is 19.2 Å². The molecule has 11 heteroatoms. The Morgan fingerprint density at radius 1 is 1.44 bits per heavy atom. The minimum Gasteiger partial charge on any atom is -0.469 e. The van der Waals surface area contributed by atoms with Crippen LogP contribution in [0.1, 0.15) is 12.8 Å². The molecular formula is C14H19N3O7S. The third-order valence-electron chi connectivity index (χ3n) is 4.18. The number of sulfonamides is 1. The average Bonchev–Trinajstić information content (AvgIpc) is 2.59. The number of ether oxygens (including phenoxy) is 2. The van der Waals surface area contributed by atoms with Gasteiger partial charge >= 0.3 is 5.97 Å². The first-order valence-corrected chi connectivity index (χ1v) is 8.95. The highest BCUT2D eigenvalue weighted by atomic mass is 32.2. The van der Waals surface area contributed by atoms with E-state index in [4.69, 9.17) is 14.6 Å². The minimum absolute atomic E-state index is 0.0900. The van der Waals surface area contributed by atoms with Gasteiger partial charge in [0, 0.05) is 25.8 Å². The number of rotatable bonds is 6. The van der Waals surface area contributed by atoms with E-state index in [2.05, 4.69) is 5.32 Å². The number of hydrogen-bond donors (Lipinski definition) is 2. The molecule has 0 unspecified atom stereocenters. The molecule has 0 amide bonds. The Hall–Kier alpha value is -2.24. The second kappa shape index (κ2) is 7.33. The van der Waals surface area contributed by atoms with E-state index in [9.17, 15) is 23.3 Å². The maximum absolute atomic E-state index is 12.2. The van der Waals surface area contributed by atoms with Gasteiger partial charge in [-0.1, -0.05) is 0 Å². The van der Waals surface area contributed by atoms with Crippen LogP contribution in [0, 0.1) is 15.5 Å². The van der Waals surface area contributed by atoms with Crippen molar-refractivity contribution in [3.05, 3.63) is 28.3 Å². The summed E-state index contributed by atoms with van der Waals surface area (Å²) >= 11 is 0. The van der Waals surface area contributed by atoms with Crippen LogP contribution in [0.2, 0.25) is 0 Å². The third kappa shape index (κ3) is 4.24. The second-order valence-electron chi connectivity index (χ2n) is 5.72. The summed E-state index contributed by atoms with van der Waals surface area (Å²) in [6, 6.07) is 3.30. The highest BCUT2D eigenvalue weighted by molar-refractivity contribution is 7.89. The highest BCUT2D eigenvalue weighted by Gasteiger charge is 2.41. The van der Waals surface area contributed by atoms with Crippen LogP contribution < -0.4 is 10.5 Å². The summed E-state index contributed by atoms with van der Waals surface area (Å²) in [6.07, 6.45) is 0.825. The zero-order valence-electron chi connectivity index (χ0n) is 13.6. The van der Waals surface area contributed by atoms with Crippen molar-refractivity contribution < 1.29 is 27.6 Å². The van der Waals surface area contributed by atoms with E-state index in [1.807, 2.05) is 0 Å². The van der Waals surface area contributed by atoms with Gasteiger partial charge in [0.25, 0.3) is 5.69 Å². The molecule has 138 valence electrons. The largest absolute Gasteiger partial charge is 0.469 e. The van der Waals surface area contributed by atoms with Gasteiger partial charge in [0.2, 0.25) is 10.0 Å². The molecule has 0 saturated carbocycles. The van der Waals surface area contributed by atoms with Crippen molar-refractivity contribution >= 4 is 27.4 Å². The number of benzene rings is 1. The van der Waals surface area contributed by atoms with Gasteiger partial charge in [0.05, 0.1) is 22.3 Å². The fraction of sp³-hybridized carbons (Fsp3) is 0.500. The van der Waals surface area contributed by atoms with Gasteiger partial charge in [-0.15, -0.1) is 0 Å². The summed E-state index contributed by atoms with van der Waals surface area (Å²) < 4.78 is 32.8. The first kappa shape index (κ1) is 19.1. The number of nitrogens with zero attached hydrogens (tertiary/aromatic N) is 1. The maximum Gasteiger partial charge on any atom is 0.313 e. The van der Waals surface area contributed by atoms with Crippen LogP contribution in [0.3, 0.4) is 0 Å². The van der Waals surface area contributed by atoms with E-state index in [-0.39, 0.29) is 17.1 Å². The van der Waals surface area contributed by atoms with Crippen LogP contribution in [0.15, 0.2) is 23.1 Å². The molecule has 1 saturated heterocycles. The Labute approximate surface area is 144 Å². The summed E-state index contributed by atoms with van der Waals surface area (Å²) in [6.45, 7) is 0.852. The molecular weight excluding hydrogens is 354 g/mol. The molecule has 2 rings (SSSR count). The molecule has 1 aliphatic heterocycles. The standard InChI is InChI=1S/C14H19N3O7S/c1-23-13(18)14(4-6-24-7-5-14)9-16-11-3-2-10(25(15,21)22)8-12(11)17(19)20/h2-3,8,16H,4-7,9H2,1H3,(H2,15,21,22). The molecule has 1 heterocycles. The van der Waals surface area contributed by atoms with Gasteiger partial charge in [-0.2, -0.15) is 0 Å². The zero-order chi connectivity index (χ0) is 18.7. The Bertz CT molecular complexity index is 773. The van der Waals surface area contributed by atoms with Crippen LogP contribution in [-0.2, 0) is 24.3 Å². The number of esters is 1. The first-order valence-electron chi connectivity index (χ1n) is 7.41. The molecule has 10 nitrogen and oxygen atoms in total. The smallest absolute Gasteiger partial charge is 0.313 e. The van der Waals surface area contributed by atoms with Gasteiger partial charge in [-0.3, -0.25) is 14.9 Å². The Kier molecular flexibility index (Phi) is 5.60. The number of methoxy groups -OCH3 is 1. The highest BCUT2D eigenvalue weighted by Crippen LogP contribution is 2.34. The first-order chi connectivity index (χ1) is 11.7. The quantitative estimate of drug-likeness (QED) is 0.418. The molecule has 25 heavy (non-hydrogen) atoms. The molecule has 1 aromatic rings. The van der Waals surface area contributed by atoms with Crippen molar-refractivity contribution in [2.45, 2.75) is 17.7 Å². The molecule has 1 aliphatic rings. The van der Waals surface area contributed by atoms with E-state index >= 15 is 0 Å². The number of anilines is 1. The number of carbonyl (C=O) groups excluding carboxylic acids is 1. The van der Waals surface area contributed by atoms with E-state index in [1.54, 1.807) is 0 Å². The molecule has 0 spiro atoms. The summed E-state index contributed by atoms with van der Waals surface area (Å²) in [4.78, 5) is 22.3. The fourth-order valence-electron chi connectivity index (χ4n) is 2.69. The second-order valence-corrected chi connectivity index (χ2v) is 7.28. The number of nitro groups is 1. The Balaban J connectivity index is 2.29. The SMILES string of the molecule is COC(=O)C1(CNc2ccc(S(N)(=O)=O)cc2[N+](=O)[O-])CCOCC1. The van der Waals surface area contributed by atoms with Gasteiger partial charge in [0.15, 0.2) is 0 Å². The molecule has 0 aliphatic carbocycles.